The van der Waals surface area contributed by atoms with E-state index in [4.69, 9.17) is 9.15 Å². The highest BCUT2D eigenvalue weighted by atomic mass is 19.1. The first-order valence-electron chi connectivity index (χ1n) is 9.74. The number of nitrogens with one attached hydrogen (secondary N) is 1. The third-order valence-electron chi connectivity index (χ3n) is 5.10. The normalized spacial score (nSPS) is 10.9. The van der Waals surface area contributed by atoms with Crippen LogP contribution in [0.25, 0.3) is 11.0 Å². The Hall–Kier alpha value is -3.87. The van der Waals surface area contributed by atoms with Crippen molar-refractivity contribution in [2.24, 2.45) is 0 Å². The molecule has 0 atom stereocenters. The molecule has 0 radical (unpaired) electrons. The van der Waals surface area contributed by atoms with Crippen LogP contribution in [0.1, 0.15) is 27.2 Å². The molecule has 4 rings (SSSR count). The number of furan rings is 1. The third-order valence-corrected chi connectivity index (χ3v) is 5.10. The number of methoxy groups -OCH3 is 1. The van der Waals surface area contributed by atoms with Crippen molar-refractivity contribution < 1.29 is 18.3 Å². The Labute approximate surface area is 177 Å². The number of aryl methyl sites for hydroxylation is 1. The van der Waals surface area contributed by atoms with Gasteiger partial charge in [0.1, 0.15) is 22.9 Å². The molecule has 31 heavy (non-hydrogen) atoms. The quantitative estimate of drug-likeness (QED) is 0.511. The number of hydrogen-bond acceptors (Lipinski definition) is 4. The average Bonchev–Trinajstić information content (AvgIpc) is 3.12. The molecule has 0 saturated carbocycles. The van der Waals surface area contributed by atoms with Crippen molar-refractivity contribution in [3.63, 3.8) is 0 Å². The van der Waals surface area contributed by atoms with E-state index in [1.165, 1.54) is 16.7 Å². The molecular weight excluding hydrogens is 399 g/mol. The lowest BCUT2D eigenvalue weighted by Crippen LogP contribution is -2.26. The molecule has 0 unspecified atom stereocenters. The largest absolute Gasteiger partial charge is 0.497 e. The Morgan fingerprint density at radius 3 is 2.42 bits per heavy atom. The second kappa shape index (κ2) is 8.47. The van der Waals surface area contributed by atoms with Crippen molar-refractivity contribution in [2.45, 2.75) is 20.0 Å². The molecule has 0 aliphatic carbocycles. The van der Waals surface area contributed by atoms with E-state index in [2.05, 4.69) is 5.32 Å². The van der Waals surface area contributed by atoms with Crippen LogP contribution in [-0.2, 0) is 13.1 Å². The molecule has 2 heterocycles. The maximum absolute atomic E-state index is 13.2. The first-order chi connectivity index (χ1) is 15.0. The highest BCUT2D eigenvalue weighted by Gasteiger charge is 2.21. The summed E-state index contributed by atoms with van der Waals surface area (Å²) in [5.74, 6) is 0.379. The fraction of sp³-hybridized carbons (Fsp3) is 0.167. The van der Waals surface area contributed by atoms with Crippen molar-refractivity contribution in [2.75, 3.05) is 7.11 Å². The first kappa shape index (κ1) is 20.4. The van der Waals surface area contributed by atoms with Gasteiger partial charge >= 0.3 is 0 Å². The van der Waals surface area contributed by atoms with Gasteiger partial charge in [0, 0.05) is 12.7 Å². The minimum Gasteiger partial charge on any atom is -0.497 e. The Kier molecular flexibility index (Phi) is 5.58. The third kappa shape index (κ3) is 4.21. The summed E-state index contributed by atoms with van der Waals surface area (Å²) in [6.07, 6.45) is 1.61. The van der Waals surface area contributed by atoms with Gasteiger partial charge in [-0.1, -0.05) is 24.3 Å². The number of hydrogen-bond donors (Lipinski definition) is 1. The van der Waals surface area contributed by atoms with Crippen LogP contribution < -0.4 is 15.6 Å². The summed E-state index contributed by atoms with van der Waals surface area (Å²) in [7, 11) is 1.59. The highest BCUT2D eigenvalue weighted by molar-refractivity contribution is 6.06. The van der Waals surface area contributed by atoms with E-state index in [0.717, 1.165) is 16.9 Å². The summed E-state index contributed by atoms with van der Waals surface area (Å²) in [5.41, 5.74) is 1.91. The zero-order valence-electron chi connectivity index (χ0n) is 17.1. The number of rotatable bonds is 6. The van der Waals surface area contributed by atoms with Crippen LogP contribution in [0.4, 0.5) is 4.39 Å². The van der Waals surface area contributed by atoms with Crippen molar-refractivity contribution in [1.82, 2.24) is 9.88 Å². The Bertz CT molecular complexity index is 1290. The topological polar surface area (TPSA) is 73.5 Å². The van der Waals surface area contributed by atoms with E-state index in [1.807, 2.05) is 24.3 Å². The smallest absolute Gasteiger partial charge is 0.262 e. The van der Waals surface area contributed by atoms with E-state index < -0.39 is 0 Å². The lowest BCUT2D eigenvalue weighted by molar-refractivity contribution is 0.0950. The van der Waals surface area contributed by atoms with E-state index in [9.17, 15) is 14.0 Å². The fourth-order valence-electron chi connectivity index (χ4n) is 3.46. The lowest BCUT2D eigenvalue weighted by Gasteiger charge is -2.08. The van der Waals surface area contributed by atoms with Gasteiger partial charge in [0.15, 0.2) is 0 Å². The lowest BCUT2D eigenvalue weighted by atomic mass is 10.1. The van der Waals surface area contributed by atoms with Gasteiger partial charge in [0.25, 0.3) is 11.5 Å². The van der Waals surface area contributed by atoms with Crippen LogP contribution in [-0.4, -0.2) is 17.6 Å². The molecule has 158 valence electrons. The number of fused-ring (bicyclic) bond motifs is 1. The van der Waals surface area contributed by atoms with Crippen molar-refractivity contribution >= 4 is 16.9 Å². The molecule has 2 aromatic heterocycles. The number of nitrogens with zero attached hydrogens (tertiary/aromatic N) is 1. The van der Waals surface area contributed by atoms with Crippen molar-refractivity contribution in [3.05, 3.63) is 99.4 Å². The minimum absolute atomic E-state index is 0.224. The van der Waals surface area contributed by atoms with Gasteiger partial charge in [-0.15, -0.1) is 0 Å². The number of amides is 1. The average molecular weight is 420 g/mol. The van der Waals surface area contributed by atoms with Gasteiger partial charge in [-0.3, -0.25) is 9.59 Å². The molecule has 1 N–H and O–H groups in total. The SMILES string of the molecule is COc1ccc(CNC(=O)c2c(C)oc3ccn(Cc4ccc(F)cc4)c(=O)c23)cc1. The maximum Gasteiger partial charge on any atom is 0.262 e. The van der Waals surface area contributed by atoms with E-state index in [0.29, 0.717) is 17.9 Å². The van der Waals surface area contributed by atoms with Crippen LogP contribution in [0, 0.1) is 12.7 Å². The number of aromatic nitrogens is 1. The number of ether oxygens (including phenoxy) is 1. The minimum atomic E-state index is -0.385. The van der Waals surface area contributed by atoms with Crippen LogP contribution in [0.15, 0.2) is 70.0 Å². The van der Waals surface area contributed by atoms with E-state index in [1.54, 1.807) is 38.4 Å². The van der Waals surface area contributed by atoms with E-state index >= 15 is 0 Å². The number of benzene rings is 2. The number of carbonyl (C=O) groups excluding carboxylic acids is 1. The second-order valence-electron chi connectivity index (χ2n) is 7.18. The molecule has 4 aromatic rings. The van der Waals surface area contributed by atoms with Gasteiger partial charge in [-0.05, 0) is 48.4 Å². The van der Waals surface area contributed by atoms with Crippen molar-refractivity contribution in [3.8, 4) is 5.75 Å². The Morgan fingerprint density at radius 1 is 1.06 bits per heavy atom. The van der Waals surface area contributed by atoms with Crippen LogP contribution in [0.5, 0.6) is 5.75 Å². The molecule has 0 saturated heterocycles. The highest BCUT2D eigenvalue weighted by Crippen LogP contribution is 2.23. The summed E-state index contributed by atoms with van der Waals surface area (Å²) in [4.78, 5) is 26.0. The summed E-state index contributed by atoms with van der Waals surface area (Å²) < 4.78 is 25.4. The van der Waals surface area contributed by atoms with Gasteiger partial charge in [-0.2, -0.15) is 0 Å². The Balaban J connectivity index is 1.61. The van der Waals surface area contributed by atoms with Gasteiger partial charge in [-0.25, -0.2) is 4.39 Å². The van der Waals surface area contributed by atoms with E-state index in [-0.39, 0.29) is 34.8 Å². The maximum atomic E-state index is 13.2. The molecule has 0 spiro atoms. The first-order valence-corrected chi connectivity index (χ1v) is 9.74. The fourth-order valence-corrected chi connectivity index (χ4v) is 3.46. The predicted octanol–water partition coefficient (Wildman–Crippen LogP) is 4.03. The summed E-state index contributed by atoms with van der Waals surface area (Å²) in [6.45, 7) is 2.21. The molecule has 0 aliphatic rings. The second-order valence-corrected chi connectivity index (χ2v) is 7.18. The van der Waals surface area contributed by atoms with Gasteiger partial charge in [0.2, 0.25) is 0 Å². The number of carbonyl (C=O) groups is 1. The monoisotopic (exact) mass is 420 g/mol. The molecule has 0 bridgehead atoms. The molecule has 7 heteroatoms. The van der Waals surface area contributed by atoms with Crippen LogP contribution in [0.3, 0.4) is 0 Å². The molecule has 6 nitrogen and oxygen atoms in total. The molecule has 0 fully saturated rings. The molecule has 1 amide bonds. The molecule has 0 aliphatic heterocycles. The Morgan fingerprint density at radius 2 is 1.74 bits per heavy atom. The molecule has 2 aromatic carbocycles. The standard InChI is InChI=1S/C24H21FN2O4/c1-15-21(23(28)26-13-16-5-9-19(30-2)10-6-16)22-20(31-15)11-12-27(24(22)29)14-17-3-7-18(25)8-4-17/h3-12H,13-14H2,1-2H3,(H,26,28). The van der Waals surface area contributed by atoms with Gasteiger partial charge < -0.3 is 19.0 Å². The van der Waals surface area contributed by atoms with Crippen molar-refractivity contribution in [1.29, 1.82) is 0 Å². The van der Waals surface area contributed by atoms with Crippen LogP contribution >= 0.6 is 0 Å². The molecular formula is C24H21FN2O4. The summed E-state index contributed by atoms with van der Waals surface area (Å²) >= 11 is 0. The zero-order valence-corrected chi connectivity index (χ0v) is 17.1. The van der Waals surface area contributed by atoms with Crippen LogP contribution in [0.2, 0.25) is 0 Å². The number of halogens is 1. The number of pyridine rings is 1. The summed E-state index contributed by atoms with van der Waals surface area (Å²) in [5, 5.41) is 3.08. The van der Waals surface area contributed by atoms with Gasteiger partial charge in [0.05, 0.1) is 24.6 Å². The summed E-state index contributed by atoms with van der Waals surface area (Å²) in [6, 6.07) is 14.9. The predicted molar refractivity (Wildman–Crippen MR) is 115 cm³/mol. The zero-order chi connectivity index (χ0) is 22.0.